The molecule has 5 heteroatoms. The van der Waals surface area contributed by atoms with Crippen LogP contribution in [0.15, 0.2) is 212 Å². The van der Waals surface area contributed by atoms with Crippen molar-refractivity contribution in [3.8, 4) is 5.82 Å². The summed E-state index contributed by atoms with van der Waals surface area (Å²) in [6.45, 7) is 26.3. The van der Waals surface area contributed by atoms with Crippen LogP contribution in [-0.2, 0) is 21.7 Å². The minimum Gasteiger partial charge on any atom is -0.321 e. The van der Waals surface area contributed by atoms with Gasteiger partial charge in [-0.3, -0.25) is 4.57 Å². The van der Waals surface area contributed by atoms with Gasteiger partial charge >= 0.3 is 0 Å². The molecule has 0 unspecified atom stereocenters. The first kappa shape index (κ1) is 48.8. The molecule has 0 radical (unpaired) electrons. The Morgan fingerprint density at radius 1 is 0.365 bits per heavy atom. The number of pyridine rings is 1. The standard InChI is InChI=1S/C69H70N4Si/c1-66(2,3)49-37-38-70-65(44-49)73-61-32-22-21-31-59(61)60-36-35-57(46-64(60)73)74(55-27-17-13-18-28-55,56-29-19-14-20-30-56)58-43-52(69(10,11)48-25-15-12-16-26-48)42-54(45-58)72-47-71(62-33-23-24-34-63(62)72)53-40-50(67(4,5)6)39-51(41-53)68(7,8)9/h12-46H,47H2,1-11H3. The van der Waals surface area contributed by atoms with E-state index in [0.717, 1.165) is 16.9 Å². The molecule has 0 bridgehead atoms. The van der Waals surface area contributed by atoms with Crippen LogP contribution in [0.3, 0.4) is 0 Å². The van der Waals surface area contributed by atoms with Crippen LogP contribution >= 0.6 is 0 Å². The molecule has 0 saturated carbocycles. The lowest BCUT2D eigenvalue weighted by molar-refractivity contribution is 0.568. The Kier molecular flexibility index (Phi) is 12.0. The summed E-state index contributed by atoms with van der Waals surface area (Å²) < 4.78 is 2.41. The zero-order valence-electron chi connectivity index (χ0n) is 45.2. The van der Waals surface area contributed by atoms with Crippen molar-refractivity contribution in [3.63, 3.8) is 0 Å². The van der Waals surface area contributed by atoms with Gasteiger partial charge in [-0.2, -0.15) is 0 Å². The minimum absolute atomic E-state index is 0.0195. The van der Waals surface area contributed by atoms with Gasteiger partial charge in [0.15, 0.2) is 8.07 Å². The molecule has 0 aliphatic carbocycles. The van der Waals surface area contributed by atoms with Crippen molar-refractivity contribution < 1.29 is 0 Å². The van der Waals surface area contributed by atoms with Gasteiger partial charge in [0.05, 0.1) is 22.4 Å². The third-order valence-electron chi connectivity index (χ3n) is 15.9. The summed E-state index contributed by atoms with van der Waals surface area (Å²) >= 11 is 0. The van der Waals surface area contributed by atoms with Gasteiger partial charge in [0.1, 0.15) is 12.5 Å². The van der Waals surface area contributed by atoms with Crippen molar-refractivity contribution in [2.75, 3.05) is 16.5 Å². The quantitative estimate of drug-likeness (QED) is 0.106. The van der Waals surface area contributed by atoms with E-state index >= 15 is 0 Å². The Labute approximate surface area is 441 Å². The van der Waals surface area contributed by atoms with Crippen molar-refractivity contribution in [3.05, 3.63) is 240 Å². The van der Waals surface area contributed by atoms with Gasteiger partial charge in [-0.05, 0) is 125 Å². The number of fused-ring (bicyclic) bond motifs is 4. The van der Waals surface area contributed by atoms with Gasteiger partial charge in [0.25, 0.3) is 0 Å². The smallest absolute Gasteiger partial charge is 0.179 e. The normalized spacial score (nSPS) is 13.5. The van der Waals surface area contributed by atoms with Gasteiger partial charge in [0, 0.05) is 33.8 Å². The van der Waals surface area contributed by atoms with Crippen LogP contribution in [0, 0.1) is 0 Å². The van der Waals surface area contributed by atoms with Crippen LogP contribution in [0.25, 0.3) is 27.6 Å². The van der Waals surface area contributed by atoms with E-state index in [1.165, 1.54) is 82.1 Å². The number of aromatic nitrogens is 2. The first-order valence-electron chi connectivity index (χ1n) is 26.5. The number of hydrogen-bond acceptors (Lipinski definition) is 3. The van der Waals surface area contributed by atoms with E-state index in [2.05, 4.69) is 297 Å². The first-order chi connectivity index (χ1) is 35.3. The summed E-state index contributed by atoms with van der Waals surface area (Å²) in [4.78, 5) is 10.3. The monoisotopic (exact) mass is 983 g/mol. The molecule has 0 saturated heterocycles. The second-order valence-corrected chi connectivity index (χ2v) is 28.0. The Balaban J connectivity index is 1.21. The fourth-order valence-electron chi connectivity index (χ4n) is 11.5. The lowest BCUT2D eigenvalue weighted by atomic mass is 9.78. The summed E-state index contributed by atoms with van der Waals surface area (Å²) in [5.74, 6) is 0.932. The number of anilines is 4. The second-order valence-electron chi connectivity index (χ2n) is 24.2. The van der Waals surface area contributed by atoms with Crippen molar-refractivity contribution in [2.45, 2.75) is 97.8 Å². The molecule has 0 amide bonds. The number of rotatable bonds is 9. The first-order valence-corrected chi connectivity index (χ1v) is 28.5. The lowest BCUT2D eigenvalue weighted by Gasteiger charge is -2.37. The molecule has 0 atom stereocenters. The Bertz CT molecular complexity index is 3610. The molecule has 0 fully saturated rings. The molecule has 11 rings (SSSR count). The molecule has 8 aromatic carbocycles. The van der Waals surface area contributed by atoms with E-state index in [1.807, 2.05) is 6.20 Å². The van der Waals surface area contributed by atoms with Crippen LogP contribution in [0.5, 0.6) is 0 Å². The SMILES string of the molecule is CC(C)(C)c1cc(N2CN(c3cc(C(C)(C)c4ccccc4)cc([Si](c4ccccc4)(c4ccccc4)c4ccc5c6ccccc6n(-c6cc(C(C)(C)C)ccn6)c5c4)c3)c3ccccc32)cc(C(C)(C)C)c1. The predicted molar refractivity (Wildman–Crippen MR) is 319 cm³/mol. The topological polar surface area (TPSA) is 24.3 Å². The highest BCUT2D eigenvalue weighted by molar-refractivity contribution is 7.20. The maximum Gasteiger partial charge on any atom is 0.179 e. The average molecular weight is 983 g/mol. The largest absolute Gasteiger partial charge is 0.321 e. The van der Waals surface area contributed by atoms with E-state index in [1.54, 1.807) is 0 Å². The summed E-state index contributed by atoms with van der Waals surface area (Å²) in [6.07, 6.45) is 1.98. The molecule has 370 valence electrons. The highest BCUT2D eigenvalue weighted by Gasteiger charge is 2.44. The number of hydrogen-bond donors (Lipinski definition) is 0. The molecular formula is C69H70N4Si. The second kappa shape index (κ2) is 18.2. The summed E-state index contributed by atoms with van der Waals surface area (Å²) in [5.41, 5.74) is 13.2. The summed E-state index contributed by atoms with van der Waals surface area (Å²) in [7, 11) is -3.23. The molecule has 3 heterocycles. The van der Waals surface area contributed by atoms with Gasteiger partial charge in [-0.25, -0.2) is 4.98 Å². The summed E-state index contributed by atoms with van der Waals surface area (Å²) in [5, 5.41) is 7.75. The summed E-state index contributed by atoms with van der Waals surface area (Å²) in [6, 6.07) is 78.6. The maximum atomic E-state index is 5.13. The van der Waals surface area contributed by atoms with Crippen LogP contribution in [0.4, 0.5) is 22.7 Å². The molecule has 2 aromatic heterocycles. The molecule has 10 aromatic rings. The van der Waals surface area contributed by atoms with Gasteiger partial charge in [0.2, 0.25) is 0 Å². The molecule has 1 aliphatic rings. The molecular weight excluding hydrogens is 913 g/mol. The molecule has 74 heavy (non-hydrogen) atoms. The van der Waals surface area contributed by atoms with E-state index in [9.17, 15) is 0 Å². The maximum absolute atomic E-state index is 5.13. The molecule has 0 N–H and O–H groups in total. The molecule has 1 aliphatic heterocycles. The molecule has 4 nitrogen and oxygen atoms in total. The third kappa shape index (κ3) is 8.45. The Hall–Kier alpha value is -7.47. The van der Waals surface area contributed by atoms with Crippen molar-refractivity contribution in [1.82, 2.24) is 9.55 Å². The highest BCUT2D eigenvalue weighted by atomic mass is 28.3. The van der Waals surface area contributed by atoms with Gasteiger partial charge < -0.3 is 9.80 Å². The van der Waals surface area contributed by atoms with Crippen molar-refractivity contribution in [1.29, 1.82) is 0 Å². The number of benzene rings is 8. The zero-order valence-corrected chi connectivity index (χ0v) is 46.2. The lowest BCUT2D eigenvalue weighted by Crippen LogP contribution is -2.74. The minimum atomic E-state index is -3.23. The predicted octanol–water partition coefficient (Wildman–Crippen LogP) is 15.0. The van der Waals surface area contributed by atoms with Crippen LogP contribution < -0.4 is 30.5 Å². The van der Waals surface area contributed by atoms with E-state index in [0.29, 0.717) is 6.67 Å². The molecule has 0 spiro atoms. The van der Waals surface area contributed by atoms with E-state index in [-0.39, 0.29) is 21.7 Å². The average Bonchev–Trinajstić information content (AvgIpc) is 3.95. The zero-order chi connectivity index (χ0) is 51.8. The van der Waals surface area contributed by atoms with Crippen molar-refractivity contribution >= 4 is 73.4 Å². The number of para-hydroxylation sites is 3. The fraction of sp³-hybridized carbons (Fsp3) is 0.232. The van der Waals surface area contributed by atoms with E-state index < -0.39 is 8.07 Å². The third-order valence-corrected chi connectivity index (χ3v) is 20.7. The Morgan fingerprint density at radius 3 is 1.45 bits per heavy atom. The van der Waals surface area contributed by atoms with Gasteiger partial charge in [-0.15, -0.1) is 0 Å². The van der Waals surface area contributed by atoms with Crippen molar-refractivity contribution in [2.24, 2.45) is 0 Å². The fourth-order valence-corrected chi connectivity index (χ4v) is 16.3. The highest BCUT2D eigenvalue weighted by Crippen LogP contribution is 2.47. The van der Waals surface area contributed by atoms with Crippen LogP contribution in [-0.4, -0.2) is 24.3 Å². The van der Waals surface area contributed by atoms with Crippen LogP contribution in [0.2, 0.25) is 0 Å². The van der Waals surface area contributed by atoms with E-state index in [4.69, 9.17) is 4.98 Å². The Morgan fingerprint density at radius 2 is 0.865 bits per heavy atom. The van der Waals surface area contributed by atoms with Gasteiger partial charge in [-0.1, -0.05) is 222 Å². The van der Waals surface area contributed by atoms with Crippen LogP contribution in [0.1, 0.15) is 104 Å². The number of nitrogens with zero attached hydrogens (tertiary/aromatic N) is 4.